The van der Waals surface area contributed by atoms with Crippen LogP contribution in [0.15, 0.2) is 22.1 Å². The molecule has 2 rings (SSSR count). The lowest BCUT2D eigenvalue weighted by atomic mass is 10.2. The van der Waals surface area contributed by atoms with Gasteiger partial charge in [0.1, 0.15) is 5.82 Å². The molecule has 5 heteroatoms. The lowest BCUT2D eigenvalue weighted by Gasteiger charge is -1.98. The van der Waals surface area contributed by atoms with Gasteiger partial charge >= 0.3 is 0 Å². The summed E-state index contributed by atoms with van der Waals surface area (Å²) in [6.45, 7) is 1.87. The Balaban J connectivity index is 2.54. The van der Waals surface area contributed by atoms with Gasteiger partial charge in [-0.2, -0.15) is 0 Å². The van der Waals surface area contributed by atoms with E-state index in [4.69, 9.17) is 5.73 Å². The van der Waals surface area contributed by atoms with Crippen LogP contribution in [0.2, 0.25) is 0 Å². The number of hydrogen-bond acceptors (Lipinski definition) is 4. The molecule has 14 heavy (non-hydrogen) atoms. The largest absolute Gasteiger partial charge is 0.391 e. The molecule has 0 fully saturated rings. The third-order valence-electron chi connectivity index (χ3n) is 1.76. The number of hydrogen-bond donors (Lipinski definition) is 1. The zero-order valence-electron chi connectivity index (χ0n) is 7.49. The van der Waals surface area contributed by atoms with Crippen LogP contribution in [0.3, 0.4) is 0 Å². The first-order valence-electron chi connectivity index (χ1n) is 4.01. The van der Waals surface area contributed by atoms with Crippen molar-refractivity contribution in [1.82, 2.24) is 9.97 Å². The van der Waals surface area contributed by atoms with Crippen LogP contribution >= 0.6 is 27.3 Å². The zero-order valence-corrected chi connectivity index (χ0v) is 9.89. The molecule has 3 nitrogen and oxygen atoms in total. The van der Waals surface area contributed by atoms with E-state index in [9.17, 15) is 0 Å². The van der Waals surface area contributed by atoms with Gasteiger partial charge in [-0.3, -0.25) is 0 Å². The van der Waals surface area contributed by atoms with E-state index in [1.807, 2.05) is 19.1 Å². The summed E-state index contributed by atoms with van der Waals surface area (Å²) >= 11 is 4.96. The molecule has 2 aromatic rings. The van der Waals surface area contributed by atoms with Crippen molar-refractivity contribution in [1.29, 1.82) is 0 Å². The number of aromatic nitrogens is 2. The summed E-state index contributed by atoms with van der Waals surface area (Å²) < 4.78 is 1.01. The van der Waals surface area contributed by atoms with E-state index in [1.165, 1.54) is 11.3 Å². The second-order valence-corrected chi connectivity index (χ2v) is 5.23. The number of nitrogens with two attached hydrogens (primary N) is 1. The van der Waals surface area contributed by atoms with E-state index >= 15 is 0 Å². The molecule has 0 saturated heterocycles. The first-order chi connectivity index (χ1) is 6.66. The fourth-order valence-electron chi connectivity index (χ4n) is 1.17. The van der Waals surface area contributed by atoms with Crippen LogP contribution in [0.25, 0.3) is 11.3 Å². The minimum Gasteiger partial charge on any atom is -0.391 e. The minimum atomic E-state index is 0.763. The Hall–Kier alpha value is -0.940. The molecule has 0 atom stereocenters. The van der Waals surface area contributed by atoms with Gasteiger partial charge in [-0.1, -0.05) is 0 Å². The Morgan fingerprint density at radius 2 is 2.29 bits per heavy atom. The van der Waals surface area contributed by atoms with Crippen LogP contribution in [0, 0.1) is 6.92 Å². The Labute approximate surface area is 94.1 Å². The highest BCUT2D eigenvalue weighted by atomic mass is 79.9. The predicted molar refractivity (Wildman–Crippen MR) is 62.2 cm³/mol. The van der Waals surface area contributed by atoms with Gasteiger partial charge in [-0.05, 0) is 35.0 Å². The molecular weight excluding hydrogens is 262 g/mol. The number of thiophene rings is 1. The number of rotatable bonds is 1. The Morgan fingerprint density at radius 3 is 2.86 bits per heavy atom. The number of nitrogens with zero attached hydrogens (tertiary/aromatic N) is 2. The molecule has 0 amide bonds. The fraction of sp³-hybridized carbons (Fsp3) is 0.111. The molecule has 0 radical (unpaired) electrons. The van der Waals surface area contributed by atoms with E-state index < -0.39 is 0 Å². The first kappa shape index (κ1) is 9.61. The van der Waals surface area contributed by atoms with Crippen LogP contribution in [0.1, 0.15) is 5.82 Å². The topological polar surface area (TPSA) is 51.8 Å². The van der Waals surface area contributed by atoms with Crippen molar-refractivity contribution in [3.63, 3.8) is 0 Å². The van der Waals surface area contributed by atoms with Gasteiger partial charge in [-0.25, -0.2) is 9.97 Å². The number of nitrogen functional groups attached to an aromatic ring is 1. The molecule has 2 aromatic heterocycles. The van der Waals surface area contributed by atoms with Crippen molar-refractivity contribution in [2.24, 2.45) is 0 Å². The highest BCUT2D eigenvalue weighted by Crippen LogP contribution is 2.36. The SMILES string of the molecule is Cc1nccc(-c2cc(N)sc2Br)n1. The average Bonchev–Trinajstić information content (AvgIpc) is 2.45. The van der Waals surface area contributed by atoms with Gasteiger partial charge < -0.3 is 5.73 Å². The molecule has 72 valence electrons. The first-order valence-corrected chi connectivity index (χ1v) is 5.62. The summed E-state index contributed by atoms with van der Waals surface area (Å²) in [6, 6.07) is 3.79. The highest BCUT2D eigenvalue weighted by molar-refractivity contribution is 9.11. The standard InChI is InChI=1S/C9H8BrN3S/c1-5-12-3-2-7(13-5)6-4-8(11)14-9(6)10/h2-4H,11H2,1H3. The van der Waals surface area contributed by atoms with Crippen molar-refractivity contribution in [2.45, 2.75) is 6.92 Å². The quantitative estimate of drug-likeness (QED) is 0.866. The van der Waals surface area contributed by atoms with Crippen LogP contribution in [-0.2, 0) is 0 Å². The average molecular weight is 270 g/mol. The highest BCUT2D eigenvalue weighted by Gasteiger charge is 2.08. The molecule has 2 N–H and O–H groups in total. The van der Waals surface area contributed by atoms with E-state index in [1.54, 1.807) is 6.20 Å². The molecular formula is C9H8BrN3S. The summed E-state index contributed by atoms with van der Waals surface area (Å²) in [5.41, 5.74) is 7.63. The minimum absolute atomic E-state index is 0.763. The number of aryl methyl sites for hydroxylation is 1. The lowest BCUT2D eigenvalue weighted by Crippen LogP contribution is -1.88. The third kappa shape index (κ3) is 1.78. The Morgan fingerprint density at radius 1 is 1.50 bits per heavy atom. The van der Waals surface area contributed by atoms with Crippen molar-refractivity contribution in [3.8, 4) is 11.3 Å². The molecule has 0 unspecified atom stereocenters. The van der Waals surface area contributed by atoms with Crippen molar-refractivity contribution in [2.75, 3.05) is 5.73 Å². The normalized spacial score (nSPS) is 10.4. The van der Waals surface area contributed by atoms with Gasteiger partial charge in [0.05, 0.1) is 14.5 Å². The van der Waals surface area contributed by atoms with Crippen LogP contribution in [0.4, 0.5) is 5.00 Å². The summed E-state index contributed by atoms with van der Waals surface area (Å²) in [5, 5.41) is 0.781. The molecule has 0 bridgehead atoms. The van der Waals surface area contributed by atoms with Crippen molar-refractivity contribution < 1.29 is 0 Å². The van der Waals surface area contributed by atoms with Gasteiger partial charge in [0.25, 0.3) is 0 Å². The van der Waals surface area contributed by atoms with Gasteiger partial charge in [0.2, 0.25) is 0 Å². The molecule has 0 aliphatic carbocycles. The summed E-state index contributed by atoms with van der Waals surface area (Å²) in [7, 11) is 0. The number of halogens is 1. The van der Waals surface area contributed by atoms with Crippen molar-refractivity contribution in [3.05, 3.63) is 27.9 Å². The van der Waals surface area contributed by atoms with E-state index in [0.29, 0.717) is 0 Å². The summed E-state index contributed by atoms with van der Waals surface area (Å²) in [4.78, 5) is 8.38. The molecule has 0 spiro atoms. The maximum Gasteiger partial charge on any atom is 0.125 e. The Bertz CT molecular complexity index is 467. The van der Waals surface area contributed by atoms with Crippen LogP contribution < -0.4 is 5.73 Å². The molecule has 0 aliphatic rings. The second-order valence-electron chi connectivity index (χ2n) is 2.83. The van der Waals surface area contributed by atoms with Gasteiger partial charge in [0, 0.05) is 11.8 Å². The number of anilines is 1. The van der Waals surface area contributed by atoms with Crippen molar-refractivity contribution >= 4 is 32.3 Å². The Kier molecular flexibility index (Phi) is 2.52. The second kappa shape index (κ2) is 3.67. The monoisotopic (exact) mass is 269 g/mol. The third-order valence-corrected chi connectivity index (χ3v) is 3.42. The summed E-state index contributed by atoms with van der Waals surface area (Å²) in [6.07, 6.45) is 1.75. The molecule has 0 saturated carbocycles. The van der Waals surface area contributed by atoms with E-state index in [0.717, 1.165) is 25.9 Å². The van der Waals surface area contributed by atoms with Crippen LogP contribution in [0.5, 0.6) is 0 Å². The lowest BCUT2D eigenvalue weighted by molar-refractivity contribution is 1.06. The van der Waals surface area contributed by atoms with E-state index in [-0.39, 0.29) is 0 Å². The molecule has 0 aromatic carbocycles. The smallest absolute Gasteiger partial charge is 0.125 e. The van der Waals surface area contributed by atoms with Crippen LogP contribution in [-0.4, -0.2) is 9.97 Å². The van der Waals surface area contributed by atoms with E-state index in [2.05, 4.69) is 25.9 Å². The zero-order chi connectivity index (χ0) is 10.1. The summed E-state index contributed by atoms with van der Waals surface area (Å²) in [5.74, 6) is 0.763. The van der Waals surface area contributed by atoms with Gasteiger partial charge in [-0.15, -0.1) is 11.3 Å². The predicted octanol–water partition coefficient (Wildman–Crippen LogP) is 2.86. The maximum absolute atomic E-state index is 5.70. The molecule has 2 heterocycles. The molecule has 0 aliphatic heterocycles. The fourth-order valence-corrected chi connectivity index (χ4v) is 2.70. The maximum atomic E-state index is 5.70. The van der Waals surface area contributed by atoms with Gasteiger partial charge in [0.15, 0.2) is 0 Å².